The van der Waals surface area contributed by atoms with E-state index >= 15 is 0 Å². The van der Waals surface area contributed by atoms with E-state index in [0.29, 0.717) is 25.2 Å². The summed E-state index contributed by atoms with van der Waals surface area (Å²) in [5.74, 6) is 0.263. The average molecular weight is 460 g/mol. The Bertz CT molecular complexity index is 929. The third-order valence-electron chi connectivity index (χ3n) is 5.38. The van der Waals surface area contributed by atoms with Crippen molar-refractivity contribution in [1.29, 1.82) is 0 Å². The van der Waals surface area contributed by atoms with Crippen molar-refractivity contribution < 1.29 is 13.2 Å². The minimum Gasteiger partial charge on any atom is -0.399 e. The fourth-order valence-corrected chi connectivity index (χ4v) is 5.40. The highest BCUT2D eigenvalue weighted by Gasteiger charge is 2.29. The monoisotopic (exact) mass is 459 g/mol. The van der Waals surface area contributed by atoms with Gasteiger partial charge in [0, 0.05) is 31.2 Å². The lowest BCUT2D eigenvalue weighted by molar-refractivity contribution is -0.121. The van der Waals surface area contributed by atoms with Crippen molar-refractivity contribution >= 4 is 21.6 Å². The summed E-state index contributed by atoms with van der Waals surface area (Å²) < 4.78 is 28.0. The molecule has 7 heteroatoms. The number of carbonyl (C=O) groups excluding carboxylic acids is 1. The Balaban J connectivity index is 1.81. The molecule has 1 amide bonds. The highest BCUT2D eigenvalue weighted by atomic mass is 32.2. The molecule has 0 aliphatic rings. The van der Waals surface area contributed by atoms with Crippen LogP contribution in [0.2, 0.25) is 0 Å². The molecule has 0 heterocycles. The smallest absolute Gasteiger partial charge is 0.243 e. The van der Waals surface area contributed by atoms with E-state index in [1.165, 1.54) is 0 Å². The third-order valence-corrected chi connectivity index (χ3v) is 7.37. The Morgan fingerprint density at radius 2 is 1.66 bits per heavy atom. The number of benzene rings is 2. The van der Waals surface area contributed by atoms with Crippen molar-refractivity contribution in [2.24, 2.45) is 5.92 Å². The van der Waals surface area contributed by atoms with Crippen molar-refractivity contribution in [3.8, 4) is 0 Å². The second-order valence-corrected chi connectivity index (χ2v) is 10.6. The number of rotatable bonds is 13. The summed E-state index contributed by atoms with van der Waals surface area (Å²) in [6.45, 7) is 7.06. The summed E-state index contributed by atoms with van der Waals surface area (Å²) in [5.41, 5.74) is 7.41. The molecule has 3 N–H and O–H groups in total. The molecule has 0 fully saturated rings. The van der Waals surface area contributed by atoms with Crippen LogP contribution in [0.1, 0.15) is 52.0 Å². The average Bonchev–Trinajstić information content (AvgIpc) is 2.76. The fraction of sp³-hybridized carbons (Fsp3) is 0.480. The molecule has 1 atom stereocenters. The van der Waals surface area contributed by atoms with Crippen LogP contribution in [0.25, 0.3) is 0 Å². The summed E-state index contributed by atoms with van der Waals surface area (Å²) in [7, 11) is -3.59. The molecule has 0 saturated carbocycles. The lowest BCUT2D eigenvalue weighted by Gasteiger charge is -2.30. The number of nitrogen functional groups attached to an aromatic ring is 1. The SMILES string of the molecule is CC(C)CN(C(C)CCCCNC(=O)CCc1ccccc1)S(=O)(=O)c1ccc(N)cc1. The second kappa shape index (κ2) is 12.6. The van der Waals surface area contributed by atoms with Crippen LogP contribution in [0.15, 0.2) is 59.5 Å². The largest absolute Gasteiger partial charge is 0.399 e. The van der Waals surface area contributed by atoms with E-state index in [1.54, 1.807) is 28.6 Å². The lowest BCUT2D eigenvalue weighted by Crippen LogP contribution is -2.41. The van der Waals surface area contributed by atoms with Gasteiger partial charge in [0.05, 0.1) is 4.90 Å². The first-order valence-electron chi connectivity index (χ1n) is 11.4. The van der Waals surface area contributed by atoms with Crippen molar-refractivity contribution in [2.75, 3.05) is 18.8 Å². The maximum Gasteiger partial charge on any atom is 0.243 e. The first-order chi connectivity index (χ1) is 15.2. The Morgan fingerprint density at radius 1 is 1.00 bits per heavy atom. The predicted molar refractivity (Wildman–Crippen MR) is 131 cm³/mol. The highest BCUT2D eigenvalue weighted by molar-refractivity contribution is 7.89. The van der Waals surface area contributed by atoms with Gasteiger partial charge in [-0.1, -0.05) is 50.6 Å². The van der Waals surface area contributed by atoms with E-state index < -0.39 is 10.0 Å². The summed E-state index contributed by atoms with van der Waals surface area (Å²) >= 11 is 0. The van der Waals surface area contributed by atoms with Gasteiger partial charge in [0.1, 0.15) is 0 Å². The lowest BCUT2D eigenvalue weighted by atomic mass is 10.1. The zero-order valence-electron chi connectivity index (χ0n) is 19.5. The molecule has 6 nitrogen and oxygen atoms in total. The standard InChI is InChI=1S/C25H37N3O3S/c1-20(2)19-28(32(30,31)24-15-13-23(26)14-16-24)21(3)9-7-8-18-27-25(29)17-12-22-10-5-4-6-11-22/h4-6,10-11,13-16,20-21H,7-9,12,17-19,26H2,1-3H3,(H,27,29). The Labute approximate surface area is 193 Å². The van der Waals surface area contributed by atoms with E-state index in [9.17, 15) is 13.2 Å². The van der Waals surface area contributed by atoms with Crippen LogP contribution in [0.5, 0.6) is 0 Å². The topological polar surface area (TPSA) is 92.5 Å². The van der Waals surface area contributed by atoms with Gasteiger partial charge in [-0.25, -0.2) is 8.42 Å². The molecule has 2 rings (SSSR count). The van der Waals surface area contributed by atoms with Crippen LogP contribution >= 0.6 is 0 Å². The first kappa shape index (κ1) is 25.9. The molecule has 0 bridgehead atoms. The molecule has 0 radical (unpaired) electrons. The molecule has 0 spiro atoms. The van der Waals surface area contributed by atoms with Gasteiger partial charge in [-0.2, -0.15) is 4.31 Å². The molecule has 0 aliphatic carbocycles. The van der Waals surface area contributed by atoms with Crippen LogP contribution in [0.3, 0.4) is 0 Å². The maximum atomic E-state index is 13.2. The minimum absolute atomic E-state index is 0.0502. The van der Waals surface area contributed by atoms with Gasteiger partial charge < -0.3 is 11.1 Å². The van der Waals surface area contributed by atoms with Gasteiger partial charge in [-0.15, -0.1) is 0 Å². The summed E-state index contributed by atoms with van der Waals surface area (Å²) in [4.78, 5) is 12.3. The summed E-state index contributed by atoms with van der Waals surface area (Å²) in [5, 5.41) is 2.97. The van der Waals surface area contributed by atoms with Gasteiger partial charge in [0.2, 0.25) is 15.9 Å². The number of nitrogens with zero attached hydrogens (tertiary/aromatic N) is 1. The van der Waals surface area contributed by atoms with Crippen LogP contribution in [-0.4, -0.2) is 37.8 Å². The number of carbonyl (C=O) groups is 1. The van der Waals surface area contributed by atoms with Crippen LogP contribution in [0.4, 0.5) is 5.69 Å². The highest BCUT2D eigenvalue weighted by Crippen LogP contribution is 2.23. The number of hydrogen-bond donors (Lipinski definition) is 2. The number of nitrogens with two attached hydrogens (primary N) is 1. The number of hydrogen-bond acceptors (Lipinski definition) is 4. The summed E-state index contributed by atoms with van der Waals surface area (Å²) in [6.07, 6.45) is 3.60. The Hall–Kier alpha value is -2.38. The van der Waals surface area contributed by atoms with Gasteiger partial charge in [-0.05, 0) is 61.9 Å². The molecule has 32 heavy (non-hydrogen) atoms. The number of unbranched alkanes of at least 4 members (excludes halogenated alkanes) is 1. The van der Waals surface area contributed by atoms with Crippen LogP contribution < -0.4 is 11.1 Å². The van der Waals surface area contributed by atoms with Crippen LogP contribution in [-0.2, 0) is 21.2 Å². The van der Waals surface area contributed by atoms with Gasteiger partial charge in [0.15, 0.2) is 0 Å². The van der Waals surface area contributed by atoms with E-state index in [-0.39, 0.29) is 22.8 Å². The predicted octanol–water partition coefficient (Wildman–Crippen LogP) is 4.22. The molecule has 2 aromatic carbocycles. The fourth-order valence-electron chi connectivity index (χ4n) is 3.58. The minimum atomic E-state index is -3.59. The van der Waals surface area contributed by atoms with E-state index in [0.717, 1.165) is 31.2 Å². The molecule has 176 valence electrons. The number of anilines is 1. The Morgan fingerprint density at radius 3 is 2.28 bits per heavy atom. The Kier molecular flexibility index (Phi) is 10.2. The zero-order chi connectivity index (χ0) is 23.6. The van der Waals surface area contributed by atoms with Gasteiger partial charge in [0.25, 0.3) is 0 Å². The molecule has 1 unspecified atom stereocenters. The molecule has 0 saturated heterocycles. The van der Waals surface area contributed by atoms with Crippen molar-refractivity contribution in [3.63, 3.8) is 0 Å². The molecule has 0 aliphatic heterocycles. The number of sulfonamides is 1. The van der Waals surface area contributed by atoms with Gasteiger partial charge >= 0.3 is 0 Å². The quantitative estimate of drug-likeness (QED) is 0.346. The maximum absolute atomic E-state index is 13.2. The van der Waals surface area contributed by atoms with E-state index in [4.69, 9.17) is 5.73 Å². The van der Waals surface area contributed by atoms with Crippen molar-refractivity contribution in [2.45, 2.75) is 63.8 Å². The second-order valence-electron chi connectivity index (χ2n) is 8.72. The first-order valence-corrected chi connectivity index (χ1v) is 12.8. The molecule has 0 aromatic heterocycles. The van der Waals surface area contributed by atoms with E-state index in [1.807, 2.05) is 51.1 Å². The van der Waals surface area contributed by atoms with Crippen LogP contribution in [0, 0.1) is 5.92 Å². The third kappa shape index (κ3) is 8.28. The van der Waals surface area contributed by atoms with Crippen molar-refractivity contribution in [1.82, 2.24) is 9.62 Å². The number of amides is 1. The molecular formula is C25H37N3O3S. The summed E-state index contributed by atoms with van der Waals surface area (Å²) in [6, 6.07) is 16.2. The van der Waals surface area contributed by atoms with Gasteiger partial charge in [-0.3, -0.25) is 4.79 Å². The molecular weight excluding hydrogens is 422 g/mol. The van der Waals surface area contributed by atoms with E-state index in [2.05, 4.69) is 5.32 Å². The molecule has 2 aromatic rings. The number of aryl methyl sites for hydroxylation is 1. The normalized spacial score (nSPS) is 12.8. The zero-order valence-corrected chi connectivity index (χ0v) is 20.3. The van der Waals surface area contributed by atoms with Crippen molar-refractivity contribution in [3.05, 3.63) is 60.2 Å². The number of nitrogens with one attached hydrogen (secondary N) is 1.